The average Bonchev–Trinajstić information content (AvgIpc) is 4.33. The van der Waals surface area contributed by atoms with Crippen molar-refractivity contribution in [1.82, 2.24) is 45.5 Å². The number of pyridine rings is 1. The lowest BCUT2D eigenvalue weighted by Crippen LogP contribution is -2.57. The summed E-state index contributed by atoms with van der Waals surface area (Å²) in [5.41, 5.74) is 4.77. The molecule has 5 amide bonds. The third kappa shape index (κ3) is 18.0. The number of β-amino-alcohol motifs (C(OH)–C–C–N with tert-alkyl or cyclic N) is 1. The van der Waals surface area contributed by atoms with E-state index < -0.39 is 64.2 Å². The lowest BCUT2D eigenvalue weighted by atomic mass is 9.85. The van der Waals surface area contributed by atoms with Crippen molar-refractivity contribution in [3.8, 4) is 21.6 Å². The summed E-state index contributed by atoms with van der Waals surface area (Å²) >= 11 is 1.56. The number of alkyl halides is 3. The number of aliphatic hydroxyl groups is 1. The fourth-order valence-corrected chi connectivity index (χ4v) is 11.4. The van der Waals surface area contributed by atoms with Crippen molar-refractivity contribution in [3.05, 3.63) is 123 Å². The standard InChI is InChI=1S/C61H78F3N11O9S/c1-40-55(85-39-68-40)43-11-9-41(10-12-43)35-67-58(81)51-33-46(76)38-75(51)59(82)56(60(2,3)4)70-53(78)16-28-84-30-29-83-27-15-52(77)65-17-18-72-21-23-73(24-22-72)37-42-7-6-8-44(31-42)45-13-14-50(74-25-19-71(5)20-26-74)49(32-45)69-57(80)47-36-66-54(79)34-48(47)61(62,63)64/h6-14,31-32,34,36,39,46,51,56,76H,15-30,33,35,37-38H2,1-5H3,(H,65,77)(H,66,79)(H,67,81)(H,69,80)(H,70,78). The van der Waals surface area contributed by atoms with Gasteiger partial charge in [-0.3, -0.25) is 38.6 Å². The van der Waals surface area contributed by atoms with Crippen molar-refractivity contribution in [2.45, 2.75) is 84.4 Å². The number of benzene rings is 3. The number of ether oxygens (including phenoxy) is 2. The first-order chi connectivity index (χ1) is 40.6. The van der Waals surface area contributed by atoms with Gasteiger partial charge in [0.15, 0.2) is 0 Å². The number of aliphatic hydroxyl groups excluding tert-OH is 1. The van der Waals surface area contributed by atoms with Crippen LogP contribution in [0.5, 0.6) is 0 Å². The van der Waals surface area contributed by atoms with Crippen molar-refractivity contribution >= 4 is 52.2 Å². The van der Waals surface area contributed by atoms with E-state index in [1.54, 1.807) is 22.9 Å². The van der Waals surface area contributed by atoms with Crippen LogP contribution in [0.25, 0.3) is 21.6 Å². The van der Waals surface area contributed by atoms with Crippen LogP contribution in [-0.2, 0) is 47.9 Å². The normalized spacial score (nSPS) is 17.6. The molecule has 5 heterocycles. The first kappa shape index (κ1) is 63.9. The molecule has 0 saturated carbocycles. The molecular formula is C61H78F3N11O9S. The molecule has 5 aromatic rings. The number of thiazole rings is 1. The summed E-state index contributed by atoms with van der Waals surface area (Å²) in [4.78, 5) is 96.5. The zero-order chi connectivity index (χ0) is 60.8. The number of halogens is 3. The van der Waals surface area contributed by atoms with E-state index in [-0.39, 0.29) is 70.6 Å². The molecule has 85 heavy (non-hydrogen) atoms. The number of hydrogen-bond acceptors (Lipinski definition) is 15. The van der Waals surface area contributed by atoms with Crippen LogP contribution < -0.4 is 31.7 Å². The molecule has 3 aliphatic heterocycles. The molecule has 3 unspecified atom stereocenters. The van der Waals surface area contributed by atoms with E-state index >= 15 is 0 Å². The third-order valence-corrected chi connectivity index (χ3v) is 16.5. The van der Waals surface area contributed by atoms with E-state index in [9.17, 15) is 47.0 Å². The second-order valence-corrected chi connectivity index (χ2v) is 23.8. The summed E-state index contributed by atoms with van der Waals surface area (Å²) in [6.07, 6.45) is -4.77. The molecule has 0 spiro atoms. The van der Waals surface area contributed by atoms with E-state index in [1.807, 2.05) is 89.3 Å². The van der Waals surface area contributed by atoms with Crippen molar-refractivity contribution in [1.29, 1.82) is 0 Å². The second kappa shape index (κ2) is 29.4. The van der Waals surface area contributed by atoms with Gasteiger partial charge in [0.2, 0.25) is 29.2 Å². The van der Waals surface area contributed by atoms with Crippen LogP contribution in [0.2, 0.25) is 0 Å². The minimum Gasteiger partial charge on any atom is -0.391 e. The summed E-state index contributed by atoms with van der Waals surface area (Å²) in [6, 6.07) is 20.0. The Labute approximate surface area is 497 Å². The number of rotatable bonds is 24. The zero-order valence-corrected chi connectivity index (χ0v) is 49.7. The Hall–Kier alpha value is -7.06. The number of H-pyrrole nitrogens is 1. The number of nitrogens with zero attached hydrogens (tertiary/aromatic N) is 6. The fraction of sp³-hybridized carbons (Fsp3) is 0.492. The number of likely N-dealkylation sites (tertiary alicyclic amines) is 1. The van der Waals surface area contributed by atoms with Gasteiger partial charge in [-0.1, -0.05) is 69.3 Å². The number of carbonyl (C=O) groups excluding carboxylic acids is 5. The number of aromatic nitrogens is 2. The van der Waals surface area contributed by atoms with Crippen molar-refractivity contribution in [3.63, 3.8) is 0 Å². The highest BCUT2D eigenvalue weighted by molar-refractivity contribution is 7.13. The van der Waals surface area contributed by atoms with Gasteiger partial charge in [0.25, 0.3) is 5.91 Å². The van der Waals surface area contributed by atoms with Gasteiger partial charge in [-0.15, -0.1) is 11.3 Å². The molecule has 20 nitrogen and oxygen atoms in total. The van der Waals surface area contributed by atoms with Gasteiger partial charge < -0.3 is 55.5 Å². The number of hydrogen-bond donors (Lipinski definition) is 6. The van der Waals surface area contributed by atoms with Crippen LogP contribution in [-0.4, -0.2) is 188 Å². The van der Waals surface area contributed by atoms with E-state index in [0.717, 1.165) is 83.9 Å². The van der Waals surface area contributed by atoms with Gasteiger partial charge in [0, 0.05) is 117 Å². The molecule has 8 rings (SSSR count). The number of likely N-dealkylation sites (N-methyl/N-ethyl adjacent to an activating group) is 1. The van der Waals surface area contributed by atoms with Crippen LogP contribution in [0.3, 0.4) is 0 Å². The van der Waals surface area contributed by atoms with Crippen LogP contribution >= 0.6 is 11.3 Å². The van der Waals surface area contributed by atoms with Gasteiger partial charge >= 0.3 is 6.18 Å². The molecule has 3 saturated heterocycles. The van der Waals surface area contributed by atoms with Gasteiger partial charge in [-0.2, -0.15) is 13.2 Å². The fourth-order valence-electron chi connectivity index (χ4n) is 10.6. The molecule has 3 aromatic carbocycles. The highest BCUT2D eigenvalue weighted by Crippen LogP contribution is 2.36. The number of piperazine rings is 2. The molecule has 2 aromatic heterocycles. The highest BCUT2D eigenvalue weighted by atomic mass is 32.1. The zero-order valence-electron chi connectivity index (χ0n) is 48.9. The van der Waals surface area contributed by atoms with Gasteiger partial charge in [0.1, 0.15) is 12.1 Å². The average molecular weight is 1200 g/mol. The monoisotopic (exact) mass is 1200 g/mol. The van der Waals surface area contributed by atoms with Gasteiger partial charge in [-0.05, 0) is 65.4 Å². The molecule has 0 radical (unpaired) electrons. The number of amides is 5. The van der Waals surface area contributed by atoms with Crippen molar-refractivity contribution in [2.75, 3.05) is 116 Å². The van der Waals surface area contributed by atoms with E-state index in [1.165, 1.54) is 4.90 Å². The summed E-state index contributed by atoms with van der Waals surface area (Å²) in [5.74, 6) is -2.36. The molecule has 0 bridgehead atoms. The summed E-state index contributed by atoms with van der Waals surface area (Å²) in [5, 5.41) is 22.1. The Morgan fingerprint density at radius 3 is 2.14 bits per heavy atom. The molecule has 24 heteroatoms. The molecule has 3 aliphatic rings. The van der Waals surface area contributed by atoms with Gasteiger partial charge in [-0.25, -0.2) is 4.98 Å². The van der Waals surface area contributed by atoms with E-state index in [2.05, 4.69) is 56.9 Å². The molecular weight excluding hydrogens is 1120 g/mol. The maximum Gasteiger partial charge on any atom is 0.417 e. The highest BCUT2D eigenvalue weighted by Gasteiger charge is 2.44. The minimum absolute atomic E-state index is 0.0216. The summed E-state index contributed by atoms with van der Waals surface area (Å²) < 4.78 is 53.1. The third-order valence-electron chi connectivity index (χ3n) is 15.5. The Balaban J connectivity index is 0.702. The number of aryl methyl sites for hydroxylation is 1. The van der Waals surface area contributed by atoms with Crippen LogP contribution in [0, 0.1) is 12.3 Å². The SMILES string of the molecule is Cc1ncsc1-c1ccc(CNC(=O)C2CC(O)CN2C(=O)C(NC(=O)CCOCCOCCC(=O)NCCN2CCN(Cc3cccc(-c4ccc(N5CCN(C)CC5)c(NC(=O)c5c[nH]c(=O)cc5C(F)(F)F)c4)c3)CC2)C(C)(C)C)cc1. The minimum atomic E-state index is -4.91. The first-order valence-corrected chi connectivity index (χ1v) is 29.7. The summed E-state index contributed by atoms with van der Waals surface area (Å²) in [6.45, 7) is 16.3. The van der Waals surface area contributed by atoms with E-state index in [4.69, 9.17) is 9.47 Å². The Morgan fingerprint density at radius 1 is 0.800 bits per heavy atom. The quantitative estimate of drug-likeness (QED) is 0.0428. The van der Waals surface area contributed by atoms with Gasteiger partial charge in [0.05, 0.1) is 71.1 Å². The lowest BCUT2D eigenvalue weighted by Gasteiger charge is -2.35. The largest absolute Gasteiger partial charge is 0.417 e. The molecule has 3 fully saturated rings. The predicted octanol–water partition coefficient (Wildman–Crippen LogP) is 5.35. The molecule has 3 atom stereocenters. The smallest absolute Gasteiger partial charge is 0.391 e. The lowest BCUT2D eigenvalue weighted by molar-refractivity contribution is -0.144. The van der Waals surface area contributed by atoms with Crippen LogP contribution in [0.15, 0.2) is 89.3 Å². The van der Waals surface area contributed by atoms with Crippen molar-refractivity contribution < 1.29 is 51.7 Å². The number of aromatic amines is 1. The van der Waals surface area contributed by atoms with E-state index in [0.29, 0.717) is 50.2 Å². The first-order valence-electron chi connectivity index (χ1n) is 28.8. The maximum atomic E-state index is 14.0. The molecule has 0 aliphatic carbocycles. The number of nitrogens with one attached hydrogen (secondary N) is 5. The predicted molar refractivity (Wildman–Crippen MR) is 319 cm³/mol. The topological polar surface area (TPSA) is 234 Å². The van der Waals surface area contributed by atoms with Crippen LogP contribution in [0.4, 0.5) is 24.5 Å². The van der Waals surface area contributed by atoms with Crippen molar-refractivity contribution in [2.24, 2.45) is 5.41 Å². The number of anilines is 2. The molecule has 458 valence electrons. The Morgan fingerprint density at radius 2 is 1.47 bits per heavy atom. The number of carbonyl (C=O) groups is 5. The summed E-state index contributed by atoms with van der Waals surface area (Å²) in [7, 11) is 2.01. The molecule has 6 N–H and O–H groups in total. The Bertz CT molecular complexity index is 3160. The van der Waals surface area contributed by atoms with Crippen LogP contribution in [0.1, 0.15) is 72.8 Å². The second-order valence-electron chi connectivity index (χ2n) is 22.9. The Kier molecular flexibility index (Phi) is 22.1. The maximum absolute atomic E-state index is 14.0.